The van der Waals surface area contributed by atoms with Crippen molar-refractivity contribution in [3.05, 3.63) is 23.8 Å². The normalized spacial score (nSPS) is 24.2. The number of rotatable bonds is 6. The van der Waals surface area contributed by atoms with E-state index in [1.165, 1.54) is 25.7 Å². The fourth-order valence-electron chi connectivity index (χ4n) is 5.33. The van der Waals surface area contributed by atoms with Gasteiger partial charge < -0.3 is 24.4 Å². The van der Waals surface area contributed by atoms with Crippen molar-refractivity contribution in [2.45, 2.75) is 76.0 Å². The first kappa shape index (κ1) is 21.4. The van der Waals surface area contributed by atoms with E-state index in [1.807, 2.05) is 17.0 Å². The Labute approximate surface area is 180 Å². The largest absolute Gasteiger partial charge is 0.497 e. The third-order valence-corrected chi connectivity index (χ3v) is 7.13. The molecule has 3 fully saturated rings. The van der Waals surface area contributed by atoms with Crippen molar-refractivity contribution < 1.29 is 19.4 Å². The number of amides is 1. The third kappa shape index (κ3) is 4.75. The minimum atomic E-state index is -0.111. The predicted molar refractivity (Wildman–Crippen MR) is 116 cm³/mol. The standard InChI is InChI=1S/C24H36N2O4/c1-29-21-9-10-23(22(16-21)24(28)26-13-5-4-8-19(26)17-27)30-20-11-14-25(15-12-20)18-6-2-3-7-18/h9-10,16,18-20,27H,2-8,11-15,17H2,1H3. The summed E-state index contributed by atoms with van der Waals surface area (Å²) in [6.45, 7) is 2.84. The van der Waals surface area contributed by atoms with Gasteiger partial charge in [-0.05, 0) is 63.1 Å². The number of piperidine rings is 2. The maximum absolute atomic E-state index is 13.4. The number of likely N-dealkylation sites (tertiary alicyclic amines) is 2. The minimum Gasteiger partial charge on any atom is -0.497 e. The van der Waals surface area contributed by atoms with Crippen LogP contribution >= 0.6 is 0 Å². The molecule has 4 rings (SSSR count). The Kier molecular flexibility index (Phi) is 7.16. The fraction of sp³-hybridized carbons (Fsp3) is 0.708. The molecule has 0 radical (unpaired) electrons. The van der Waals surface area contributed by atoms with Crippen LogP contribution in [0.15, 0.2) is 18.2 Å². The van der Waals surface area contributed by atoms with Gasteiger partial charge in [-0.1, -0.05) is 12.8 Å². The lowest BCUT2D eigenvalue weighted by Gasteiger charge is -2.37. The summed E-state index contributed by atoms with van der Waals surface area (Å²) in [7, 11) is 1.61. The molecule has 0 spiro atoms. The summed E-state index contributed by atoms with van der Waals surface area (Å²) in [6, 6.07) is 6.17. The number of carbonyl (C=O) groups is 1. The topological polar surface area (TPSA) is 62.2 Å². The van der Waals surface area contributed by atoms with E-state index in [2.05, 4.69) is 4.90 Å². The van der Waals surface area contributed by atoms with Crippen LogP contribution in [0.2, 0.25) is 0 Å². The fourth-order valence-corrected chi connectivity index (χ4v) is 5.33. The predicted octanol–water partition coefficient (Wildman–Crippen LogP) is 3.47. The van der Waals surface area contributed by atoms with Crippen LogP contribution in [0.1, 0.15) is 68.1 Å². The number of aliphatic hydroxyl groups is 1. The molecule has 1 unspecified atom stereocenters. The molecule has 1 saturated carbocycles. The summed E-state index contributed by atoms with van der Waals surface area (Å²) in [5.41, 5.74) is 0.549. The molecule has 1 N–H and O–H groups in total. The Morgan fingerprint density at radius 3 is 2.47 bits per heavy atom. The molecule has 0 aromatic heterocycles. The highest BCUT2D eigenvalue weighted by Crippen LogP contribution is 2.32. The van der Waals surface area contributed by atoms with Gasteiger partial charge in [0.05, 0.1) is 25.3 Å². The lowest BCUT2D eigenvalue weighted by atomic mass is 10.0. The second kappa shape index (κ2) is 10.0. The van der Waals surface area contributed by atoms with E-state index in [1.54, 1.807) is 13.2 Å². The molecule has 2 aliphatic heterocycles. The lowest BCUT2D eigenvalue weighted by Crippen LogP contribution is -2.46. The van der Waals surface area contributed by atoms with Gasteiger partial charge in [-0.15, -0.1) is 0 Å². The molecule has 3 aliphatic rings. The van der Waals surface area contributed by atoms with Gasteiger partial charge in [0.15, 0.2) is 0 Å². The zero-order valence-electron chi connectivity index (χ0n) is 18.2. The zero-order valence-corrected chi connectivity index (χ0v) is 18.2. The molecule has 166 valence electrons. The first-order valence-electron chi connectivity index (χ1n) is 11.7. The average molecular weight is 417 g/mol. The Morgan fingerprint density at radius 2 is 1.77 bits per heavy atom. The number of ether oxygens (including phenoxy) is 2. The van der Waals surface area contributed by atoms with Gasteiger partial charge in [-0.25, -0.2) is 0 Å². The number of hydrogen-bond acceptors (Lipinski definition) is 5. The number of nitrogens with zero attached hydrogens (tertiary/aromatic N) is 2. The van der Waals surface area contributed by atoms with Crippen molar-refractivity contribution in [3.63, 3.8) is 0 Å². The summed E-state index contributed by atoms with van der Waals surface area (Å²) in [4.78, 5) is 17.8. The number of hydrogen-bond donors (Lipinski definition) is 1. The second-order valence-corrected chi connectivity index (χ2v) is 8.98. The van der Waals surface area contributed by atoms with E-state index in [9.17, 15) is 9.90 Å². The highest BCUT2D eigenvalue weighted by Gasteiger charge is 2.31. The van der Waals surface area contributed by atoms with Gasteiger partial charge in [0.25, 0.3) is 5.91 Å². The van der Waals surface area contributed by atoms with Crippen molar-refractivity contribution in [1.29, 1.82) is 0 Å². The Morgan fingerprint density at radius 1 is 1.03 bits per heavy atom. The van der Waals surface area contributed by atoms with Crippen LogP contribution in [0.4, 0.5) is 0 Å². The quantitative estimate of drug-likeness (QED) is 0.769. The molecule has 2 heterocycles. The summed E-state index contributed by atoms with van der Waals surface area (Å²) in [5.74, 6) is 1.23. The van der Waals surface area contributed by atoms with Crippen LogP contribution in [0.5, 0.6) is 11.5 Å². The van der Waals surface area contributed by atoms with Gasteiger partial charge in [0.2, 0.25) is 0 Å². The van der Waals surface area contributed by atoms with E-state index in [4.69, 9.17) is 9.47 Å². The summed E-state index contributed by atoms with van der Waals surface area (Å²) >= 11 is 0. The van der Waals surface area contributed by atoms with Crippen LogP contribution in [0, 0.1) is 0 Å². The minimum absolute atomic E-state index is 0.00548. The maximum Gasteiger partial charge on any atom is 0.258 e. The number of aliphatic hydroxyl groups excluding tert-OH is 1. The smallest absolute Gasteiger partial charge is 0.258 e. The first-order chi connectivity index (χ1) is 14.7. The third-order valence-electron chi connectivity index (χ3n) is 7.13. The van der Waals surface area contributed by atoms with Crippen molar-refractivity contribution in [2.24, 2.45) is 0 Å². The van der Waals surface area contributed by atoms with Gasteiger partial charge >= 0.3 is 0 Å². The van der Waals surface area contributed by atoms with Crippen LogP contribution in [0.25, 0.3) is 0 Å². The molecule has 0 bridgehead atoms. The number of methoxy groups -OCH3 is 1. The Hall–Kier alpha value is -1.79. The van der Waals surface area contributed by atoms with E-state index in [-0.39, 0.29) is 24.7 Å². The Balaban J connectivity index is 1.46. The molecule has 1 aliphatic carbocycles. The van der Waals surface area contributed by atoms with Crippen LogP contribution < -0.4 is 9.47 Å². The van der Waals surface area contributed by atoms with Crippen LogP contribution in [-0.2, 0) is 0 Å². The maximum atomic E-state index is 13.4. The second-order valence-electron chi connectivity index (χ2n) is 8.98. The van der Waals surface area contributed by atoms with Gasteiger partial charge in [-0.2, -0.15) is 0 Å². The number of carbonyl (C=O) groups excluding carboxylic acids is 1. The van der Waals surface area contributed by atoms with E-state index in [0.717, 1.165) is 51.2 Å². The van der Waals surface area contributed by atoms with E-state index in [0.29, 0.717) is 23.6 Å². The van der Waals surface area contributed by atoms with Gasteiger partial charge in [0.1, 0.15) is 17.6 Å². The Bertz CT molecular complexity index is 711. The van der Waals surface area contributed by atoms with E-state index >= 15 is 0 Å². The van der Waals surface area contributed by atoms with Crippen LogP contribution in [-0.4, -0.2) is 72.4 Å². The highest BCUT2D eigenvalue weighted by molar-refractivity contribution is 5.97. The molecule has 30 heavy (non-hydrogen) atoms. The van der Waals surface area contributed by atoms with Crippen molar-refractivity contribution >= 4 is 5.91 Å². The van der Waals surface area contributed by atoms with Crippen molar-refractivity contribution in [2.75, 3.05) is 33.4 Å². The molecule has 6 nitrogen and oxygen atoms in total. The summed E-state index contributed by atoms with van der Waals surface area (Å²) < 4.78 is 11.8. The average Bonchev–Trinajstić information content (AvgIpc) is 3.34. The molecular weight excluding hydrogens is 380 g/mol. The monoisotopic (exact) mass is 416 g/mol. The molecule has 1 atom stereocenters. The SMILES string of the molecule is COc1ccc(OC2CCN(C3CCCC3)CC2)c(C(=O)N2CCCCC2CO)c1. The first-order valence-corrected chi connectivity index (χ1v) is 11.7. The highest BCUT2D eigenvalue weighted by atomic mass is 16.5. The van der Waals surface area contributed by atoms with Crippen molar-refractivity contribution in [1.82, 2.24) is 9.80 Å². The molecule has 2 saturated heterocycles. The van der Waals surface area contributed by atoms with Gasteiger partial charge in [0, 0.05) is 25.7 Å². The number of benzene rings is 1. The molecule has 1 aromatic carbocycles. The molecule has 1 aromatic rings. The van der Waals surface area contributed by atoms with Crippen LogP contribution in [0.3, 0.4) is 0 Å². The van der Waals surface area contributed by atoms with E-state index < -0.39 is 0 Å². The molecule has 6 heteroatoms. The lowest BCUT2D eigenvalue weighted by molar-refractivity contribution is 0.0485. The van der Waals surface area contributed by atoms with Crippen molar-refractivity contribution in [3.8, 4) is 11.5 Å². The zero-order chi connectivity index (χ0) is 20.9. The molecule has 1 amide bonds. The summed E-state index contributed by atoms with van der Waals surface area (Å²) in [6.07, 6.45) is 10.4. The molecular formula is C24H36N2O4. The van der Waals surface area contributed by atoms with Gasteiger partial charge in [-0.3, -0.25) is 4.79 Å². The summed E-state index contributed by atoms with van der Waals surface area (Å²) in [5, 5.41) is 9.75.